The molecule has 100 valence electrons. The molecule has 1 saturated heterocycles. The molecule has 1 unspecified atom stereocenters. The van der Waals surface area contributed by atoms with Gasteiger partial charge in [-0.1, -0.05) is 15.9 Å². The van der Waals surface area contributed by atoms with E-state index in [0.29, 0.717) is 11.6 Å². The van der Waals surface area contributed by atoms with Gasteiger partial charge in [0.2, 0.25) is 0 Å². The van der Waals surface area contributed by atoms with Gasteiger partial charge in [-0.25, -0.2) is 0 Å². The van der Waals surface area contributed by atoms with Crippen LogP contribution in [0.1, 0.15) is 12.0 Å². The fourth-order valence-corrected chi connectivity index (χ4v) is 3.61. The zero-order chi connectivity index (χ0) is 13.2. The van der Waals surface area contributed by atoms with Crippen LogP contribution in [0.25, 0.3) is 0 Å². The molecule has 0 spiro atoms. The van der Waals surface area contributed by atoms with E-state index in [1.54, 1.807) is 6.07 Å². The zero-order valence-corrected chi connectivity index (χ0v) is 12.0. The number of alkyl halides is 3. The highest BCUT2D eigenvalue weighted by atomic mass is 79.9. The number of thioether (sulfide) groups is 1. The summed E-state index contributed by atoms with van der Waals surface area (Å²) in [5, 5.41) is 3.09. The van der Waals surface area contributed by atoms with Crippen LogP contribution < -0.4 is 5.32 Å². The van der Waals surface area contributed by atoms with Crippen LogP contribution in [0, 0.1) is 5.92 Å². The third kappa shape index (κ3) is 3.57. The molecule has 0 aromatic heterocycles. The van der Waals surface area contributed by atoms with Gasteiger partial charge in [0.15, 0.2) is 0 Å². The van der Waals surface area contributed by atoms with Crippen molar-refractivity contribution in [1.82, 2.24) is 0 Å². The molecule has 1 N–H and O–H groups in total. The second kappa shape index (κ2) is 5.74. The Morgan fingerprint density at radius 1 is 1.39 bits per heavy atom. The average Bonchev–Trinajstić information content (AvgIpc) is 2.79. The van der Waals surface area contributed by atoms with Crippen molar-refractivity contribution in [2.45, 2.75) is 12.6 Å². The van der Waals surface area contributed by atoms with Crippen molar-refractivity contribution in [1.29, 1.82) is 0 Å². The first kappa shape index (κ1) is 14.1. The molecule has 1 aromatic rings. The molecular formula is C12H13BrF3NS. The molecule has 2 rings (SSSR count). The van der Waals surface area contributed by atoms with Crippen LogP contribution in [-0.2, 0) is 6.18 Å². The maximum atomic E-state index is 12.7. The third-order valence-electron chi connectivity index (χ3n) is 2.89. The van der Waals surface area contributed by atoms with Gasteiger partial charge in [0.1, 0.15) is 0 Å². The lowest BCUT2D eigenvalue weighted by atomic mass is 10.1. The van der Waals surface area contributed by atoms with Crippen molar-refractivity contribution < 1.29 is 13.2 Å². The number of halogens is 4. The largest absolute Gasteiger partial charge is 0.417 e. The van der Waals surface area contributed by atoms with Crippen molar-refractivity contribution >= 4 is 33.4 Å². The van der Waals surface area contributed by atoms with Gasteiger partial charge in [-0.3, -0.25) is 0 Å². The van der Waals surface area contributed by atoms with E-state index in [1.807, 2.05) is 11.8 Å². The fraction of sp³-hybridized carbons (Fsp3) is 0.500. The number of benzene rings is 1. The standard InChI is InChI=1S/C12H13BrF3NS/c13-11-2-1-9(5-10(11)12(14,15)16)17-6-8-3-4-18-7-8/h1-2,5,8,17H,3-4,6-7H2. The maximum absolute atomic E-state index is 12.7. The Balaban J connectivity index is 2.04. The van der Waals surface area contributed by atoms with Crippen LogP contribution in [0.2, 0.25) is 0 Å². The molecular weight excluding hydrogens is 327 g/mol. The van der Waals surface area contributed by atoms with E-state index in [9.17, 15) is 13.2 Å². The Morgan fingerprint density at radius 2 is 2.17 bits per heavy atom. The first-order valence-corrected chi connectivity index (χ1v) is 7.60. The van der Waals surface area contributed by atoms with Crippen LogP contribution in [0.5, 0.6) is 0 Å². The molecule has 18 heavy (non-hydrogen) atoms. The highest BCUT2D eigenvalue weighted by molar-refractivity contribution is 9.10. The van der Waals surface area contributed by atoms with Crippen molar-refractivity contribution in [2.75, 3.05) is 23.4 Å². The molecule has 1 heterocycles. The Morgan fingerprint density at radius 3 is 2.78 bits per heavy atom. The van der Waals surface area contributed by atoms with Crippen LogP contribution in [-0.4, -0.2) is 18.1 Å². The maximum Gasteiger partial charge on any atom is 0.417 e. The minimum absolute atomic E-state index is 0.0805. The Kier molecular flexibility index (Phi) is 4.48. The van der Waals surface area contributed by atoms with Crippen LogP contribution >= 0.6 is 27.7 Å². The third-order valence-corrected chi connectivity index (χ3v) is 4.81. The van der Waals surface area contributed by atoms with Gasteiger partial charge in [-0.05, 0) is 42.0 Å². The van der Waals surface area contributed by atoms with Crippen LogP contribution in [0.15, 0.2) is 22.7 Å². The summed E-state index contributed by atoms with van der Waals surface area (Å²) in [6, 6.07) is 4.27. The van der Waals surface area contributed by atoms with Crippen molar-refractivity contribution in [3.8, 4) is 0 Å². The summed E-state index contributed by atoms with van der Waals surface area (Å²) in [7, 11) is 0. The summed E-state index contributed by atoms with van der Waals surface area (Å²) < 4.78 is 38.2. The second-order valence-corrected chi connectivity index (χ2v) is 6.31. The summed E-state index contributed by atoms with van der Waals surface area (Å²) in [4.78, 5) is 0. The highest BCUT2D eigenvalue weighted by Gasteiger charge is 2.33. The minimum atomic E-state index is -4.32. The number of hydrogen-bond donors (Lipinski definition) is 1. The summed E-state index contributed by atoms with van der Waals surface area (Å²) in [5.74, 6) is 2.81. The van der Waals surface area contributed by atoms with Gasteiger partial charge in [-0.15, -0.1) is 0 Å². The number of nitrogens with one attached hydrogen (secondary N) is 1. The van der Waals surface area contributed by atoms with E-state index in [2.05, 4.69) is 21.2 Å². The number of hydrogen-bond acceptors (Lipinski definition) is 2. The van der Waals surface area contributed by atoms with Crippen molar-refractivity contribution in [2.24, 2.45) is 5.92 Å². The van der Waals surface area contributed by atoms with E-state index < -0.39 is 11.7 Å². The van der Waals surface area contributed by atoms with E-state index in [-0.39, 0.29) is 4.47 Å². The summed E-state index contributed by atoms with van der Waals surface area (Å²) in [6.07, 6.45) is -3.18. The normalized spacial score (nSPS) is 20.1. The first-order valence-electron chi connectivity index (χ1n) is 5.65. The van der Waals surface area contributed by atoms with Gasteiger partial charge in [-0.2, -0.15) is 24.9 Å². The van der Waals surface area contributed by atoms with E-state index >= 15 is 0 Å². The van der Waals surface area contributed by atoms with Gasteiger partial charge >= 0.3 is 6.18 Å². The van der Waals surface area contributed by atoms with Crippen molar-refractivity contribution in [3.05, 3.63) is 28.2 Å². The molecule has 0 amide bonds. The lowest BCUT2D eigenvalue weighted by molar-refractivity contribution is -0.138. The molecule has 6 heteroatoms. The predicted octanol–water partition coefficient (Wildman–Crippen LogP) is 4.63. The molecule has 1 fully saturated rings. The molecule has 0 saturated carbocycles. The molecule has 0 bridgehead atoms. The van der Waals surface area contributed by atoms with Crippen molar-refractivity contribution in [3.63, 3.8) is 0 Å². The topological polar surface area (TPSA) is 12.0 Å². The highest BCUT2D eigenvalue weighted by Crippen LogP contribution is 2.36. The SMILES string of the molecule is FC(F)(F)c1cc(NCC2CCSC2)ccc1Br. The molecule has 1 aliphatic rings. The first-order chi connectivity index (χ1) is 8.47. The quantitative estimate of drug-likeness (QED) is 0.861. The summed E-state index contributed by atoms with van der Waals surface area (Å²) in [6.45, 7) is 0.742. The molecule has 1 atom stereocenters. The van der Waals surface area contributed by atoms with E-state index in [0.717, 1.165) is 30.5 Å². The molecule has 1 nitrogen and oxygen atoms in total. The molecule has 0 radical (unpaired) electrons. The smallest absolute Gasteiger partial charge is 0.385 e. The Labute approximate surface area is 117 Å². The molecule has 1 aromatic carbocycles. The molecule has 1 aliphatic heterocycles. The Hall–Kier alpha value is -0.360. The van der Waals surface area contributed by atoms with E-state index in [4.69, 9.17) is 0 Å². The van der Waals surface area contributed by atoms with Gasteiger partial charge in [0, 0.05) is 16.7 Å². The van der Waals surface area contributed by atoms with Gasteiger partial charge < -0.3 is 5.32 Å². The second-order valence-electron chi connectivity index (χ2n) is 4.30. The fourth-order valence-electron chi connectivity index (χ4n) is 1.86. The predicted molar refractivity (Wildman–Crippen MR) is 73.1 cm³/mol. The Bertz CT molecular complexity index is 416. The molecule has 0 aliphatic carbocycles. The van der Waals surface area contributed by atoms with E-state index in [1.165, 1.54) is 6.07 Å². The van der Waals surface area contributed by atoms with Gasteiger partial charge in [0.05, 0.1) is 5.56 Å². The van der Waals surface area contributed by atoms with Gasteiger partial charge in [0.25, 0.3) is 0 Å². The number of anilines is 1. The summed E-state index contributed by atoms with van der Waals surface area (Å²) in [5.41, 5.74) is -0.101. The lowest BCUT2D eigenvalue weighted by Crippen LogP contribution is -2.14. The average molecular weight is 340 g/mol. The minimum Gasteiger partial charge on any atom is -0.385 e. The lowest BCUT2D eigenvalue weighted by Gasteiger charge is -2.14. The van der Waals surface area contributed by atoms with Crippen LogP contribution in [0.3, 0.4) is 0 Å². The van der Waals surface area contributed by atoms with Crippen LogP contribution in [0.4, 0.5) is 18.9 Å². The zero-order valence-electron chi connectivity index (χ0n) is 9.56. The monoisotopic (exact) mass is 339 g/mol. The summed E-state index contributed by atoms with van der Waals surface area (Å²) >= 11 is 4.83. The number of rotatable bonds is 3.